The standard InChI is InChI=1S/C15H16O6/c1-9(16)20-5-3-4-11-6-10-7-13(17)15(2,19)14(18)12(10)8-21-11/h6-8,19H,3-5H2,1-2H3/t15-/m1/s1. The first kappa shape index (κ1) is 15.2. The number of fused-ring (bicyclic) bond motifs is 1. The summed E-state index contributed by atoms with van der Waals surface area (Å²) in [5.41, 5.74) is -1.41. The van der Waals surface area contributed by atoms with Crippen molar-refractivity contribution in [3.8, 4) is 0 Å². The highest BCUT2D eigenvalue weighted by Gasteiger charge is 2.44. The van der Waals surface area contributed by atoms with Gasteiger partial charge in [-0.3, -0.25) is 14.4 Å². The lowest BCUT2D eigenvalue weighted by Crippen LogP contribution is -2.46. The van der Waals surface area contributed by atoms with Crippen LogP contribution in [0.2, 0.25) is 0 Å². The minimum Gasteiger partial charge on any atom is -0.469 e. The van der Waals surface area contributed by atoms with E-state index in [1.165, 1.54) is 26.2 Å². The topological polar surface area (TPSA) is 89.9 Å². The largest absolute Gasteiger partial charge is 0.469 e. The summed E-state index contributed by atoms with van der Waals surface area (Å²) in [4.78, 5) is 34.3. The summed E-state index contributed by atoms with van der Waals surface area (Å²) in [6.45, 7) is 2.78. The number of ketones is 2. The zero-order chi connectivity index (χ0) is 15.6. The van der Waals surface area contributed by atoms with Gasteiger partial charge in [-0.05, 0) is 31.1 Å². The van der Waals surface area contributed by atoms with E-state index in [0.29, 0.717) is 24.2 Å². The van der Waals surface area contributed by atoms with E-state index in [9.17, 15) is 19.5 Å². The lowest BCUT2D eigenvalue weighted by molar-refractivity contribution is -0.144. The third kappa shape index (κ3) is 3.11. The van der Waals surface area contributed by atoms with Crippen molar-refractivity contribution in [1.82, 2.24) is 0 Å². The number of carbonyl (C=O) groups is 3. The second-order valence-electron chi connectivity index (χ2n) is 5.07. The van der Waals surface area contributed by atoms with E-state index in [-0.39, 0.29) is 18.1 Å². The molecule has 0 unspecified atom stereocenters. The molecule has 112 valence electrons. The van der Waals surface area contributed by atoms with Crippen molar-refractivity contribution in [3.05, 3.63) is 35.3 Å². The van der Waals surface area contributed by atoms with Crippen molar-refractivity contribution in [2.24, 2.45) is 0 Å². The molecule has 1 atom stereocenters. The van der Waals surface area contributed by atoms with Gasteiger partial charge in [0.2, 0.25) is 5.78 Å². The molecule has 0 aromatic rings. The quantitative estimate of drug-likeness (QED) is 0.471. The molecule has 1 N–H and O–H groups in total. The molecule has 6 nitrogen and oxygen atoms in total. The Bertz CT molecular complexity index is 591. The summed E-state index contributed by atoms with van der Waals surface area (Å²) in [5.74, 6) is -1.08. The lowest BCUT2D eigenvalue weighted by atomic mass is 9.80. The minimum atomic E-state index is -2.03. The molecule has 0 spiro atoms. The van der Waals surface area contributed by atoms with Crippen LogP contribution in [0, 0.1) is 0 Å². The van der Waals surface area contributed by atoms with E-state index >= 15 is 0 Å². The van der Waals surface area contributed by atoms with Gasteiger partial charge in [-0.15, -0.1) is 0 Å². The molecule has 0 aromatic carbocycles. The Morgan fingerprint density at radius 2 is 2.10 bits per heavy atom. The van der Waals surface area contributed by atoms with Gasteiger partial charge in [0.1, 0.15) is 12.0 Å². The first-order valence-electron chi connectivity index (χ1n) is 6.57. The molecule has 0 aromatic heterocycles. The van der Waals surface area contributed by atoms with Gasteiger partial charge < -0.3 is 14.6 Å². The minimum absolute atomic E-state index is 0.184. The summed E-state index contributed by atoms with van der Waals surface area (Å²) in [5, 5.41) is 9.83. The molecule has 0 fully saturated rings. The fourth-order valence-corrected chi connectivity index (χ4v) is 2.04. The number of rotatable bonds is 4. The average Bonchev–Trinajstić information content (AvgIpc) is 2.41. The molecule has 6 heteroatoms. The van der Waals surface area contributed by atoms with Crippen molar-refractivity contribution < 1.29 is 29.0 Å². The van der Waals surface area contributed by atoms with Crippen LogP contribution in [-0.4, -0.2) is 34.9 Å². The van der Waals surface area contributed by atoms with Crippen LogP contribution in [0.4, 0.5) is 0 Å². The molecule has 1 aliphatic carbocycles. The van der Waals surface area contributed by atoms with Gasteiger partial charge in [-0.2, -0.15) is 0 Å². The van der Waals surface area contributed by atoms with E-state index in [4.69, 9.17) is 9.47 Å². The van der Waals surface area contributed by atoms with Crippen LogP contribution in [0.25, 0.3) is 0 Å². The Kier molecular flexibility index (Phi) is 4.09. The third-order valence-electron chi connectivity index (χ3n) is 3.28. The Morgan fingerprint density at radius 1 is 1.38 bits per heavy atom. The van der Waals surface area contributed by atoms with Crippen molar-refractivity contribution in [2.45, 2.75) is 32.3 Å². The Balaban J connectivity index is 2.06. The Morgan fingerprint density at radius 3 is 2.76 bits per heavy atom. The molecular weight excluding hydrogens is 276 g/mol. The highest BCUT2D eigenvalue weighted by Crippen LogP contribution is 2.31. The second kappa shape index (κ2) is 5.65. The maximum absolute atomic E-state index is 12.0. The molecule has 0 amide bonds. The smallest absolute Gasteiger partial charge is 0.302 e. The van der Waals surface area contributed by atoms with Crippen LogP contribution in [-0.2, 0) is 23.9 Å². The summed E-state index contributed by atoms with van der Waals surface area (Å²) in [6, 6.07) is 0. The number of esters is 1. The molecular formula is C15H16O6. The van der Waals surface area contributed by atoms with Crippen molar-refractivity contribution >= 4 is 17.5 Å². The maximum Gasteiger partial charge on any atom is 0.302 e. The van der Waals surface area contributed by atoms with Crippen LogP contribution in [0.5, 0.6) is 0 Å². The lowest BCUT2D eigenvalue weighted by Gasteiger charge is -2.27. The van der Waals surface area contributed by atoms with Crippen LogP contribution >= 0.6 is 0 Å². The van der Waals surface area contributed by atoms with E-state index in [0.717, 1.165) is 0 Å². The second-order valence-corrected chi connectivity index (χ2v) is 5.07. The van der Waals surface area contributed by atoms with Crippen LogP contribution in [0.15, 0.2) is 35.3 Å². The van der Waals surface area contributed by atoms with E-state index in [1.54, 1.807) is 6.08 Å². The summed E-state index contributed by atoms with van der Waals surface area (Å²) in [6.07, 6.45) is 5.15. The monoisotopic (exact) mass is 292 g/mol. The molecule has 1 heterocycles. The SMILES string of the molecule is CC(=O)OCCCC1=CC2=CC(=O)[C@@](C)(O)C(=O)C2=CO1. The van der Waals surface area contributed by atoms with Crippen molar-refractivity contribution in [2.75, 3.05) is 6.61 Å². The molecule has 1 aliphatic heterocycles. The predicted octanol–water partition coefficient (Wildman–Crippen LogP) is 0.957. The number of ether oxygens (including phenoxy) is 2. The van der Waals surface area contributed by atoms with Crippen LogP contribution < -0.4 is 0 Å². The average molecular weight is 292 g/mol. The predicted molar refractivity (Wildman–Crippen MR) is 71.8 cm³/mol. The molecule has 0 saturated heterocycles. The molecule has 2 rings (SSSR count). The molecule has 0 radical (unpaired) electrons. The normalized spacial score (nSPS) is 24.4. The summed E-state index contributed by atoms with van der Waals surface area (Å²) < 4.78 is 10.1. The first-order chi connectivity index (χ1) is 9.82. The number of carbonyl (C=O) groups excluding carboxylic acids is 3. The van der Waals surface area contributed by atoms with Gasteiger partial charge in [0.25, 0.3) is 0 Å². The third-order valence-corrected chi connectivity index (χ3v) is 3.28. The number of hydrogen-bond donors (Lipinski definition) is 1. The van der Waals surface area contributed by atoms with Gasteiger partial charge in [0.15, 0.2) is 11.4 Å². The molecule has 0 bridgehead atoms. The van der Waals surface area contributed by atoms with Gasteiger partial charge in [0.05, 0.1) is 12.2 Å². The molecule has 2 aliphatic rings. The fourth-order valence-electron chi connectivity index (χ4n) is 2.04. The van der Waals surface area contributed by atoms with E-state index < -0.39 is 17.2 Å². The first-order valence-corrected chi connectivity index (χ1v) is 6.57. The number of aliphatic hydroxyl groups is 1. The van der Waals surface area contributed by atoms with Gasteiger partial charge in [-0.1, -0.05) is 0 Å². The number of Topliss-reactive ketones (excluding diaryl/α,β-unsaturated/α-hetero) is 1. The highest BCUT2D eigenvalue weighted by atomic mass is 16.5. The zero-order valence-corrected chi connectivity index (χ0v) is 11.8. The summed E-state index contributed by atoms with van der Waals surface area (Å²) in [7, 11) is 0. The van der Waals surface area contributed by atoms with E-state index in [2.05, 4.69) is 0 Å². The van der Waals surface area contributed by atoms with Gasteiger partial charge in [-0.25, -0.2) is 0 Å². The van der Waals surface area contributed by atoms with Crippen LogP contribution in [0.3, 0.4) is 0 Å². The zero-order valence-electron chi connectivity index (χ0n) is 11.8. The highest BCUT2D eigenvalue weighted by molar-refractivity contribution is 6.25. The molecule has 21 heavy (non-hydrogen) atoms. The fraction of sp³-hybridized carbons (Fsp3) is 0.400. The number of allylic oxidation sites excluding steroid dienone is 3. The maximum atomic E-state index is 12.0. The number of hydrogen-bond acceptors (Lipinski definition) is 6. The van der Waals surface area contributed by atoms with Crippen molar-refractivity contribution in [1.29, 1.82) is 0 Å². The van der Waals surface area contributed by atoms with Crippen molar-refractivity contribution in [3.63, 3.8) is 0 Å². The van der Waals surface area contributed by atoms with Gasteiger partial charge >= 0.3 is 5.97 Å². The van der Waals surface area contributed by atoms with Crippen LogP contribution in [0.1, 0.15) is 26.7 Å². The molecule has 0 saturated carbocycles. The Hall–Kier alpha value is -2.21. The van der Waals surface area contributed by atoms with Gasteiger partial charge in [0, 0.05) is 13.3 Å². The Labute approximate surface area is 121 Å². The summed E-state index contributed by atoms with van der Waals surface area (Å²) >= 11 is 0. The van der Waals surface area contributed by atoms with E-state index in [1.807, 2.05) is 0 Å².